The molecule has 1 aliphatic heterocycles. The molecule has 0 bridgehead atoms. The first-order valence-corrected chi connectivity index (χ1v) is 11.7. The van der Waals surface area contributed by atoms with Gasteiger partial charge in [-0.15, -0.1) is 0 Å². The first kappa shape index (κ1) is 22.2. The molecule has 2 aromatic carbocycles. The van der Waals surface area contributed by atoms with E-state index in [2.05, 4.69) is 21.6 Å². The molecule has 3 unspecified atom stereocenters. The summed E-state index contributed by atoms with van der Waals surface area (Å²) in [5.41, 5.74) is 2.85. The maximum absolute atomic E-state index is 12.4. The molecule has 2 aliphatic rings. The first-order chi connectivity index (χ1) is 15.7. The second-order valence-corrected chi connectivity index (χ2v) is 8.81. The maximum Gasteiger partial charge on any atom is 0.407 e. The molecule has 168 valence electrons. The normalized spacial score (nSPS) is 23.2. The van der Waals surface area contributed by atoms with Crippen molar-refractivity contribution in [3.05, 3.63) is 65.7 Å². The summed E-state index contributed by atoms with van der Waals surface area (Å²) in [6.45, 7) is 2.26. The standard InChI is InChI=1S/C26H32N4O2/c27-17-20-12-14-23(15-13-20)30-16-6-9-22(18-30)28-24-10-4-5-11-25(24)29-26(31)32-19-21-7-2-1-3-8-21/h1-3,7-8,12-15,22,24-25,28H,4-6,9-11,16,18-19H2,(H,29,31). The Bertz CT molecular complexity index is 910. The second-order valence-electron chi connectivity index (χ2n) is 8.81. The average molecular weight is 433 g/mol. The van der Waals surface area contributed by atoms with Gasteiger partial charge in [-0.3, -0.25) is 0 Å². The molecule has 32 heavy (non-hydrogen) atoms. The Morgan fingerprint density at radius 1 is 1.00 bits per heavy atom. The molecule has 1 aliphatic carbocycles. The number of rotatable bonds is 6. The molecule has 6 heteroatoms. The predicted molar refractivity (Wildman–Crippen MR) is 125 cm³/mol. The molecule has 1 heterocycles. The number of hydrogen-bond acceptors (Lipinski definition) is 5. The maximum atomic E-state index is 12.4. The molecule has 1 saturated carbocycles. The Labute approximate surface area is 190 Å². The van der Waals surface area contributed by atoms with Gasteiger partial charge in [0.25, 0.3) is 0 Å². The lowest BCUT2D eigenvalue weighted by atomic mass is 9.89. The van der Waals surface area contributed by atoms with Crippen LogP contribution in [-0.2, 0) is 11.3 Å². The molecule has 0 aromatic heterocycles. The zero-order valence-corrected chi connectivity index (χ0v) is 18.5. The van der Waals surface area contributed by atoms with Crippen molar-refractivity contribution < 1.29 is 9.53 Å². The quantitative estimate of drug-likeness (QED) is 0.709. The Kier molecular flexibility index (Phi) is 7.63. The number of carbonyl (C=O) groups is 1. The van der Waals surface area contributed by atoms with Crippen molar-refractivity contribution in [2.24, 2.45) is 0 Å². The molecule has 0 spiro atoms. The molecular weight excluding hydrogens is 400 g/mol. The van der Waals surface area contributed by atoms with Crippen LogP contribution in [0.5, 0.6) is 0 Å². The van der Waals surface area contributed by atoms with E-state index in [1.807, 2.05) is 54.6 Å². The van der Waals surface area contributed by atoms with Crippen molar-refractivity contribution in [1.29, 1.82) is 5.26 Å². The van der Waals surface area contributed by atoms with E-state index in [1.54, 1.807) is 0 Å². The number of hydrogen-bond donors (Lipinski definition) is 2. The fraction of sp³-hybridized carbons (Fsp3) is 0.462. The van der Waals surface area contributed by atoms with Gasteiger partial charge in [0.05, 0.1) is 11.6 Å². The van der Waals surface area contributed by atoms with E-state index in [4.69, 9.17) is 10.00 Å². The topological polar surface area (TPSA) is 77.4 Å². The molecule has 2 aromatic rings. The van der Waals surface area contributed by atoms with Crippen LogP contribution < -0.4 is 15.5 Å². The fourth-order valence-electron chi connectivity index (χ4n) is 4.82. The van der Waals surface area contributed by atoms with Crippen LogP contribution in [0.1, 0.15) is 49.7 Å². The number of ether oxygens (including phenoxy) is 1. The number of benzene rings is 2. The second kappa shape index (κ2) is 11.0. The highest BCUT2D eigenvalue weighted by molar-refractivity contribution is 5.67. The minimum Gasteiger partial charge on any atom is -0.445 e. The molecule has 1 amide bonds. The van der Waals surface area contributed by atoms with E-state index in [-0.39, 0.29) is 18.2 Å². The number of anilines is 1. The summed E-state index contributed by atoms with van der Waals surface area (Å²) in [7, 11) is 0. The minimum atomic E-state index is -0.338. The highest BCUT2D eigenvalue weighted by Crippen LogP contribution is 2.24. The summed E-state index contributed by atoms with van der Waals surface area (Å²) < 4.78 is 5.45. The van der Waals surface area contributed by atoms with Gasteiger partial charge in [0.1, 0.15) is 6.61 Å². The monoisotopic (exact) mass is 432 g/mol. The third-order valence-electron chi connectivity index (χ3n) is 6.51. The number of nitrogens with zero attached hydrogens (tertiary/aromatic N) is 2. The van der Waals surface area contributed by atoms with Crippen molar-refractivity contribution in [1.82, 2.24) is 10.6 Å². The van der Waals surface area contributed by atoms with Crippen LogP contribution in [0.15, 0.2) is 54.6 Å². The first-order valence-electron chi connectivity index (χ1n) is 11.7. The molecule has 1 saturated heterocycles. The Morgan fingerprint density at radius 3 is 2.50 bits per heavy atom. The van der Waals surface area contributed by atoms with E-state index in [0.29, 0.717) is 18.2 Å². The lowest BCUT2D eigenvalue weighted by Crippen LogP contribution is -2.57. The largest absolute Gasteiger partial charge is 0.445 e. The number of amides is 1. The molecule has 2 N–H and O–H groups in total. The van der Waals surface area contributed by atoms with E-state index in [9.17, 15) is 4.79 Å². The van der Waals surface area contributed by atoms with Crippen molar-refractivity contribution >= 4 is 11.8 Å². The summed E-state index contributed by atoms with van der Waals surface area (Å²) in [4.78, 5) is 14.8. The van der Waals surface area contributed by atoms with E-state index in [1.165, 1.54) is 12.1 Å². The van der Waals surface area contributed by atoms with Gasteiger partial charge >= 0.3 is 6.09 Å². The third-order valence-corrected chi connectivity index (χ3v) is 6.51. The number of carbonyl (C=O) groups excluding carboxylic acids is 1. The highest BCUT2D eigenvalue weighted by Gasteiger charge is 2.30. The van der Waals surface area contributed by atoms with E-state index in [0.717, 1.165) is 50.8 Å². The van der Waals surface area contributed by atoms with Crippen LogP contribution in [0, 0.1) is 11.3 Å². The number of nitriles is 1. The van der Waals surface area contributed by atoms with Gasteiger partial charge < -0.3 is 20.3 Å². The van der Waals surface area contributed by atoms with Gasteiger partial charge in [0.2, 0.25) is 0 Å². The Morgan fingerprint density at radius 2 is 1.75 bits per heavy atom. The van der Waals surface area contributed by atoms with Gasteiger partial charge in [-0.05, 0) is 55.5 Å². The average Bonchev–Trinajstić information content (AvgIpc) is 2.85. The van der Waals surface area contributed by atoms with Gasteiger partial charge in [0.15, 0.2) is 0 Å². The van der Waals surface area contributed by atoms with Crippen molar-refractivity contribution in [3.63, 3.8) is 0 Å². The zero-order chi connectivity index (χ0) is 22.2. The Hall–Kier alpha value is -3.04. The molecule has 3 atom stereocenters. The SMILES string of the molecule is N#Cc1ccc(N2CCCC(NC3CCCCC3NC(=O)OCc3ccccc3)C2)cc1. The van der Waals surface area contributed by atoms with Crippen molar-refractivity contribution in [2.45, 2.75) is 63.3 Å². The summed E-state index contributed by atoms with van der Waals surface area (Å²) in [6.07, 6.45) is 6.28. The van der Waals surface area contributed by atoms with Crippen molar-refractivity contribution in [2.75, 3.05) is 18.0 Å². The highest BCUT2D eigenvalue weighted by atomic mass is 16.5. The molecule has 6 nitrogen and oxygen atoms in total. The zero-order valence-electron chi connectivity index (χ0n) is 18.5. The number of nitrogens with one attached hydrogen (secondary N) is 2. The van der Waals surface area contributed by atoms with Gasteiger partial charge in [-0.25, -0.2) is 4.79 Å². The Balaban J connectivity index is 1.30. The van der Waals surface area contributed by atoms with Crippen LogP contribution in [0.3, 0.4) is 0 Å². The van der Waals surface area contributed by atoms with Gasteiger partial charge in [-0.2, -0.15) is 5.26 Å². The smallest absolute Gasteiger partial charge is 0.407 e. The minimum absolute atomic E-state index is 0.0947. The van der Waals surface area contributed by atoms with Crippen LogP contribution in [0.2, 0.25) is 0 Å². The summed E-state index contributed by atoms with van der Waals surface area (Å²) >= 11 is 0. The molecule has 0 radical (unpaired) electrons. The van der Waals surface area contributed by atoms with Gasteiger partial charge in [0, 0.05) is 36.9 Å². The van der Waals surface area contributed by atoms with Gasteiger partial charge in [-0.1, -0.05) is 43.2 Å². The van der Waals surface area contributed by atoms with Crippen LogP contribution in [-0.4, -0.2) is 37.3 Å². The van der Waals surface area contributed by atoms with Crippen molar-refractivity contribution in [3.8, 4) is 6.07 Å². The van der Waals surface area contributed by atoms with Crippen LogP contribution in [0.25, 0.3) is 0 Å². The fourth-order valence-corrected chi connectivity index (χ4v) is 4.82. The predicted octanol–water partition coefficient (Wildman–Crippen LogP) is 4.35. The van der Waals surface area contributed by atoms with Crippen LogP contribution in [0.4, 0.5) is 10.5 Å². The third kappa shape index (κ3) is 6.02. The molecule has 4 rings (SSSR count). The lowest BCUT2D eigenvalue weighted by molar-refractivity contribution is 0.128. The number of piperidine rings is 1. The van der Waals surface area contributed by atoms with Crippen LogP contribution >= 0.6 is 0 Å². The van der Waals surface area contributed by atoms with E-state index < -0.39 is 0 Å². The van der Waals surface area contributed by atoms with E-state index >= 15 is 0 Å². The molecule has 2 fully saturated rings. The summed E-state index contributed by atoms with van der Waals surface area (Å²) in [5, 5.41) is 16.0. The number of alkyl carbamates (subject to hydrolysis) is 1. The molecular formula is C26H32N4O2. The summed E-state index contributed by atoms with van der Waals surface area (Å²) in [6, 6.07) is 20.5. The summed E-state index contributed by atoms with van der Waals surface area (Å²) in [5.74, 6) is 0. The lowest BCUT2D eigenvalue weighted by Gasteiger charge is -2.40.